The van der Waals surface area contributed by atoms with Crippen LogP contribution in [-0.2, 0) is 15.3 Å². The highest BCUT2D eigenvalue weighted by molar-refractivity contribution is 8.03. The number of ether oxygens (including phenoxy) is 1. The van der Waals surface area contributed by atoms with Crippen LogP contribution in [0.3, 0.4) is 0 Å². The van der Waals surface area contributed by atoms with E-state index >= 15 is 0 Å². The van der Waals surface area contributed by atoms with Gasteiger partial charge in [-0.2, -0.15) is 0 Å². The van der Waals surface area contributed by atoms with E-state index in [0.717, 1.165) is 5.56 Å². The van der Waals surface area contributed by atoms with Crippen molar-refractivity contribution >= 4 is 46.4 Å². The Morgan fingerprint density at radius 3 is 2.29 bits per heavy atom. The lowest BCUT2D eigenvalue weighted by Crippen LogP contribution is -2.32. The zero-order valence-corrected chi connectivity index (χ0v) is 18.7. The van der Waals surface area contributed by atoms with Gasteiger partial charge in [0.25, 0.3) is 11.8 Å². The molecule has 0 spiro atoms. The van der Waals surface area contributed by atoms with E-state index in [0.29, 0.717) is 43.8 Å². The average Bonchev–Trinajstić information content (AvgIpc) is 3.04. The molecular weight excluding hydrogens is 430 g/mol. The van der Waals surface area contributed by atoms with Crippen LogP contribution < -0.4 is 9.64 Å². The Morgan fingerprint density at radius 2 is 1.61 bits per heavy atom. The van der Waals surface area contributed by atoms with E-state index in [2.05, 4.69) is 0 Å². The van der Waals surface area contributed by atoms with E-state index < -0.39 is 0 Å². The third-order valence-corrected chi connectivity index (χ3v) is 6.68. The van der Waals surface area contributed by atoms with Gasteiger partial charge >= 0.3 is 0 Å². The van der Waals surface area contributed by atoms with Gasteiger partial charge in [-0.3, -0.25) is 9.59 Å². The lowest BCUT2D eigenvalue weighted by atomic mass is 10.1. The molecule has 156 valence electrons. The lowest BCUT2D eigenvalue weighted by molar-refractivity contribution is -0.119. The summed E-state index contributed by atoms with van der Waals surface area (Å²) in [6, 6.07) is 22.3. The van der Waals surface area contributed by atoms with E-state index in [1.54, 1.807) is 56.5 Å². The minimum absolute atomic E-state index is 0.331. The van der Waals surface area contributed by atoms with Crippen LogP contribution in [-0.4, -0.2) is 18.9 Å². The van der Waals surface area contributed by atoms with Crippen LogP contribution in [0.1, 0.15) is 16.7 Å². The predicted octanol–water partition coefficient (Wildman–Crippen LogP) is 5.87. The molecule has 31 heavy (non-hydrogen) atoms. The molecular formula is C25H20ClNO3S. The second kappa shape index (κ2) is 9.00. The van der Waals surface area contributed by atoms with Gasteiger partial charge in [0.15, 0.2) is 0 Å². The summed E-state index contributed by atoms with van der Waals surface area (Å²) in [5, 5.41) is 0.509. The molecule has 0 N–H and O–H groups in total. The highest BCUT2D eigenvalue weighted by Crippen LogP contribution is 2.41. The molecule has 0 bridgehead atoms. The number of imide groups is 1. The Hall–Kier alpha value is -3.02. The van der Waals surface area contributed by atoms with E-state index in [1.807, 2.05) is 30.3 Å². The molecule has 0 unspecified atom stereocenters. The first-order chi connectivity index (χ1) is 15.0. The average molecular weight is 450 g/mol. The van der Waals surface area contributed by atoms with Crippen molar-refractivity contribution in [3.8, 4) is 5.75 Å². The fraction of sp³-hybridized carbons (Fsp3) is 0.120. The van der Waals surface area contributed by atoms with E-state index in [9.17, 15) is 9.59 Å². The zero-order valence-electron chi connectivity index (χ0n) is 17.1. The van der Waals surface area contributed by atoms with Gasteiger partial charge in [0.1, 0.15) is 5.75 Å². The number of anilines is 1. The maximum Gasteiger partial charge on any atom is 0.272 e. The van der Waals surface area contributed by atoms with Crippen molar-refractivity contribution in [1.82, 2.24) is 0 Å². The van der Waals surface area contributed by atoms with E-state index in [4.69, 9.17) is 16.3 Å². The smallest absolute Gasteiger partial charge is 0.272 e. The first-order valence-electron chi connectivity index (χ1n) is 9.70. The number of hydrogen-bond acceptors (Lipinski definition) is 4. The number of benzene rings is 3. The Balaban J connectivity index is 1.77. The summed E-state index contributed by atoms with van der Waals surface area (Å²) in [5.74, 6) is 0.581. The van der Waals surface area contributed by atoms with E-state index in [1.165, 1.54) is 16.7 Å². The van der Waals surface area contributed by atoms with Crippen molar-refractivity contribution in [3.05, 3.63) is 99.4 Å². The lowest BCUT2D eigenvalue weighted by Gasteiger charge is -2.18. The first kappa shape index (κ1) is 21.2. The number of carbonyl (C=O) groups is 2. The van der Waals surface area contributed by atoms with Crippen LogP contribution in [0, 0.1) is 6.92 Å². The van der Waals surface area contributed by atoms with Crippen LogP contribution in [0.2, 0.25) is 5.02 Å². The monoisotopic (exact) mass is 449 g/mol. The molecule has 0 atom stereocenters. The molecule has 4 nitrogen and oxygen atoms in total. The second-order valence-corrected chi connectivity index (χ2v) is 8.43. The third kappa shape index (κ3) is 4.11. The minimum atomic E-state index is -0.351. The van der Waals surface area contributed by atoms with Crippen molar-refractivity contribution in [1.29, 1.82) is 0 Å². The number of thioether (sulfide) groups is 1. The Labute approximate surface area is 190 Å². The normalized spacial score (nSPS) is 13.8. The summed E-state index contributed by atoms with van der Waals surface area (Å²) in [7, 11) is 1.59. The number of carbonyl (C=O) groups excluding carboxylic acids is 2. The summed E-state index contributed by atoms with van der Waals surface area (Å²) >= 11 is 7.64. The number of hydrogen-bond donors (Lipinski definition) is 0. The fourth-order valence-corrected chi connectivity index (χ4v) is 4.68. The minimum Gasteiger partial charge on any atom is -0.497 e. The number of halogens is 1. The summed E-state index contributed by atoms with van der Waals surface area (Å²) in [5.41, 5.74) is 3.34. The molecule has 1 heterocycles. The molecule has 6 heteroatoms. The maximum atomic E-state index is 13.5. The van der Waals surface area contributed by atoms with E-state index in [-0.39, 0.29) is 11.8 Å². The zero-order chi connectivity index (χ0) is 22.0. The molecule has 3 aromatic carbocycles. The quantitative estimate of drug-likeness (QED) is 0.441. The van der Waals surface area contributed by atoms with Crippen molar-refractivity contribution in [2.75, 3.05) is 12.0 Å². The SMILES string of the molecule is COc1ccc(C2=C(SCc3ccccc3)C(=O)N(c3cccc(Cl)c3C)C2=O)cc1. The summed E-state index contributed by atoms with van der Waals surface area (Å²) in [6.45, 7) is 1.81. The second-order valence-electron chi connectivity index (χ2n) is 7.04. The number of amides is 2. The number of rotatable bonds is 6. The van der Waals surface area contributed by atoms with Gasteiger partial charge in [0.05, 0.1) is 23.3 Å². The Kier molecular flexibility index (Phi) is 6.16. The van der Waals surface area contributed by atoms with Crippen LogP contribution in [0.25, 0.3) is 5.57 Å². The largest absolute Gasteiger partial charge is 0.497 e. The van der Waals surface area contributed by atoms with Crippen molar-refractivity contribution in [3.63, 3.8) is 0 Å². The van der Waals surface area contributed by atoms with Gasteiger partial charge in [-0.15, -0.1) is 11.8 Å². The topological polar surface area (TPSA) is 46.6 Å². The number of nitrogens with zero attached hydrogens (tertiary/aromatic N) is 1. The molecule has 0 saturated carbocycles. The molecule has 1 aliphatic rings. The van der Waals surface area contributed by atoms with Crippen molar-refractivity contribution in [2.24, 2.45) is 0 Å². The van der Waals surface area contributed by atoms with Gasteiger partial charge in [-0.25, -0.2) is 4.90 Å². The van der Waals surface area contributed by atoms with Gasteiger partial charge in [-0.1, -0.05) is 60.1 Å². The van der Waals surface area contributed by atoms with Gasteiger partial charge < -0.3 is 4.74 Å². The predicted molar refractivity (Wildman–Crippen MR) is 126 cm³/mol. The maximum absolute atomic E-state index is 13.5. The van der Waals surface area contributed by atoms with Crippen molar-refractivity contribution < 1.29 is 14.3 Å². The van der Waals surface area contributed by atoms with Gasteiger partial charge in [-0.05, 0) is 47.9 Å². The molecule has 0 aromatic heterocycles. The third-order valence-electron chi connectivity index (χ3n) is 5.13. The number of methoxy groups -OCH3 is 1. The van der Waals surface area contributed by atoms with Gasteiger partial charge in [0.2, 0.25) is 0 Å². The van der Waals surface area contributed by atoms with Crippen LogP contribution in [0.15, 0.2) is 77.7 Å². The molecule has 2 amide bonds. The Morgan fingerprint density at radius 1 is 0.903 bits per heavy atom. The molecule has 0 radical (unpaired) electrons. The highest BCUT2D eigenvalue weighted by atomic mass is 35.5. The molecule has 0 saturated heterocycles. The summed E-state index contributed by atoms with van der Waals surface area (Å²) < 4.78 is 5.23. The Bertz CT molecular complexity index is 1170. The molecule has 0 fully saturated rings. The fourth-order valence-electron chi connectivity index (χ4n) is 3.44. The molecule has 3 aromatic rings. The molecule has 0 aliphatic carbocycles. The first-order valence-corrected chi connectivity index (χ1v) is 11.1. The summed E-state index contributed by atoms with van der Waals surface area (Å²) in [4.78, 5) is 28.6. The van der Waals surface area contributed by atoms with Crippen molar-refractivity contribution in [2.45, 2.75) is 12.7 Å². The summed E-state index contributed by atoms with van der Waals surface area (Å²) in [6.07, 6.45) is 0. The van der Waals surface area contributed by atoms with Crippen LogP contribution >= 0.6 is 23.4 Å². The van der Waals surface area contributed by atoms with Crippen LogP contribution in [0.5, 0.6) is 5.75 Å². The van der Waals surface area contributed by atoms with Gasteiger partial charge in [0, 0.05) is 10.8 Å². The molecule has 1 aliphatic heterocycles. The molecule has 4 rings (SSSR count). The highest BCUT2D eigenvalue weighted by Gasteiger charge is 2.40. The standard InChI is InChI=1S/C25H20ClNO3S/c1-16-20(26)9-6-10-21(16)27-24(28)22(18-11-13-19(30-2)14-12-18)23(25(27)29)31-15-17-7-4-3-5-8-17/h3-14H,15H2,1-2H3. The van der Waals surface area contributed by atoms with Crippen LogP contribution in [0.4, 0.5) is 5.69 Å².